The summed E-state index contributed by atoms with van der Waals surface area (Å²) in [7, 11) is 0. The minimum atomic E-state index is 0.0228. The summed E-state index contributed by atoms with van der Waals surface area (Å²) in [6.07, 6.45) is 3.96. The van der Waals surface area contributed by atoms with Crippen molar-refractivity contribution in [3.05, 3.63) is 35.4 Å². The third-order valence-corrected chi connectivity index (χ3v) is 3.11. The molecular formula is C15H24N2O. The van der Waals surface area contributed by atoms with Crippen LogP contribution in [0.3, 0.4) is 0 Å². The first-order chi connectivity index (χ1) is 8.71. The third-order valence-electron chi connectivity index (χ3n) is 3.11. The van der Waals surface area contributed by atoms with E-state index in [1.807, 2.05) is 24.3 Å². The minimum Gasteiger partial charge on any atom is -0.349 e. The first kappa shape index (κ1) is 14.7. The summed E-state index contributed by atoms with van der Waals surface area (Å²) in [5.74, 6) is 0.0228. The van der Waals surface area contributed by atoms with Gasteiger partial charge in [-0.05, 0) is 43.5 Å². The number of carbonyl (C=O) groups excluding carboxylic acids is 1. The van der Waals surface area contributed by atoms with Gasteiger partial charge in [-0.2, -0.15) is 0 Å². The van der Waals surface area contributed by atoms with Crippen molar-refractivity contribution in [2.24, 2.45) is 5.73 Å². The second kappa shape index (κ2) is 7.88. The van der Waals surface area contributed by atoms with E-state index < -0.39 is 0 Å². The molecule has 3 N–H and O–H groups in total. The lowest BCUT2D eigenvalue weighted by molar-refractivity contribution is 0.0933. The van der Waals surface area contributed by atoms with E-state index in [2.05, 4.69) is 19.2 Å². The standard InChI is InChI=1S/C15H24N2O/c1-3-5-14(4-2)17-15(18)13-8-6-12(7-9-13)10-11-16/h6-9,14H,3-5,10-11,16H2,1-2H3,(H,17,18). The van der Waals surface area contributed by atoms with E-state index in [0.717, 1.165) is 31.2 Å². The van der Waals surface area contributed by atoms with Crippen molar-refractivity contribution in [3.8, 4) is 0 Å². The van der Waals surface area contributed by atoms with Crippen molar-refractivity contribution in [3.63, 3.8) is 0 Å². The van der Waals surface area contributed by atoms with Crippen molar-refractivity contribution in [2.75, 3.05) is 6.54 Å². The fourth-order valence-electron chi connectivity index (χ4n) is 1.98. The molecule has 0 fully saturated rings. The highest BCUT2D eigenvalue weighted by Crippen LogP contribution is 2.07. The fourth-order valence-corrected chi connectivity index (χ4v) is 1.98. The molecule has 0 aliphatic rings. The molecule has 1 unspecified atom stereocenters. The van der Waals surface area contributed by atoms with Crippen molar-refractivity contribution in [1.82, 2.24) is 5.32 Å². The Hall–Kier alpha value is -1.35. The molecule has 1 amide bonds. The maximum atomic E-state index is 12.0. The largest absolute Gasteiger partial charge is 0.349 e. The Labute approximate surface area is 110 Å². The topological polar surface area (TPSA) is 55.1 Å². The van der Waals surface area contributed by atoms with Crippen LogP contribution in [0.15, 0.2) is 24.3 Å². The Morgan fingerprint density at radius 3 is 2.44 bits per heavy atom. The molecule has 3 nitrogen and oxygen atoms in total. The van der Waals surface area contributed by atoms with Crippen molar-refractivity contribution in [1.29, 1.82) is 0 Å². The molecule has 1 atom stereocenters. The molecule has 0 aliphatic heterocycles. The summed E-state index contributed by atoms with van der Waals surface area (Å²) in [6, 6.07) is 7.98. The Morgan fingerprint density at radius 2 is 1.94 bits per heavy atom. The van der Waals surface area contributed by atoms with Crippen LogP contribution >= 0.6 is 0 Å². The van der Waals surface area contributed by atoms with Gasteiger partial charge in [0.2, 0.25) is 0 Å². The van der Waals surface area contributed by atoms with E-state index in [0.29, 0.717) is 6.54 Å². The molecule has 0 aromatic heterocycles. The van der Waals surface area contributed by atoms with Gasteiger partial charge in [0.15, 0.2) is 0 Å². The lowest BCUT2D eigenvalue weighted by atomic mass is 10.1. The van der Waals surface area contributed by atoms with Crippen LogP contribution in [0.25, 0.3) is 0 Å². The highest BCUT2D eigenvalue weighted by molar-refractivity contribution is 5.94. The maximum absolute atomic E-state index is 12.0. The molecule has 18 heavy (non-hydrogen) atoms. The number of nitrogens with two attached hydrogens (primary N) is 1. The summed E-state index contributed by atoms with van der Waals surface area (Å²) in [5.41, 5.74) is 7.40. The molecule has 0 aliphatic carbocycles. The normalized spacial score (nSPS) is 12.2. The summed E-state index contributed by atoms with van der Waals surface area (Å²) < 4.78 is 0. The van der Waals surface area contributed by atoms with Crippen LogP contribution in [0.1, 0.15) is 49.0 Å². The quantitative estimate of drug-likeness (QED) is 0.779. The number of rotatable bonds is 7. The predicted octanol–water partition coefficient (Wildman–Crippen LogP) is 2.50. The highest BCUT2D eigenvalue weighted by atomic mass is 16.1. The van der Waals surface area contributed by atoms with Gasteiger partial charge in [0.05, 0.1) is 0 Å². The fraction of sp³-hybridized carbons (Fsp3) is 0.533. The lowest BCUT2D eigenvalue weighted by Crippen LogP contribution is -2.34. The number of hydrogen-bond acceptors (Lipinski definition) is 2. The van der Waals surface area contributed by atoms with Gasteiger partial charge in [0, 0.05) is 11.6 Å². The predicted molar refractivity (Wildman–Crippen MR) is 75.7 cm³/mol. The van der Waals surface area contributed by atoms with Gasteiger partial charge in [-0.1, -0.05) is 32.4 Å². The smallest absolute Gasteiger partial charge is 0.251 e. The van der Waals surface area contributed by atoms with Gasteiger partial charge in [0.25, 0.3) is 5.91 Å². The molecule has 0 saturated carbocycles. The minimum absolute atomic E-state index is 0.0228. The van der Waals surface area contributed by atoms with Gasteiger partial charge in [-0.3, -0.25) is 4.79 Å². The van der Waals surface area contributed by atoms with Crippen LogP contribution in [0.2, 0.25) is 0 Å². The maximum Gasteiger partial charge on any atom is 0.251 e. The number of amides is 1. The number of benzene rings is 1. The third kappa shape index (κ3) is 4.49. The van der Waals surface area contributed by atoms with E-state index >= 15 is 0 Å². The summed E-state index contributed by atoms with van der Waals surface area (Å²) in [5, 5.41) is 3.07. The van der Waals surface area contributed by atoms with E-state index in [-0.39, 0.29) is 11.9 Å². The van der Waals surface area contributed by atoms with Crippen LogP contribution in [0, 0.1) is 0 Å². The zero-order valence-corrected chi connectivity index (χ0v) is 11.4. The van der Waals surface area contributed by atoms with Gasteiger partial charge >= 0.3 is 0 Å². The summed E-state index contributed by atoms with van der Waals surface area (Å²) >= 11 is 0. The Bertz CT molecular complexity index is 359. The van der Waals surface area contributed by atoms with E-state index in [9.17, 15) is 4.79 Å². The average molecular weight is 248 g/mol. The van der Waals surface area contributed by atoms with Gasteiger partial charge < -0.3 is 11.1 Å². The molecular weight excluding hydrogens is 224 g/mol. The van der Waals surface area contributed by atoms with Crippen LogP contribution in [-0.4, -0.2) is 18.5 Å². The molecule has 1 aromatic carbocycles. The Kier molecular flexibility index (Phi) is 6.44. The zero-order valence-electron chi connectivity index (χ0n) is 11.4. The molecule has 0 heterocycles. The molecule has 1 aromatic rings. The van der Waals surface area contributed by atoms with Crippen molar-refractivity contribution in [2.45, 2.75) is 45.6 Å². The lowest BCUT2D eigenvalue weighted by Gasteiger charge is -2.16. The van der Waals surface area contributed by atoms with E-state index in [1.54, 1.807) is 0 Å². The first-order valence-corrected chi connectivity index (χ1v) is 6.81. The average Bonchev–Trinajstić information content (AvgIpc) is 2.39. The van der Waals surface area contributed by atoms with Crippen LogP contribution in [0.5, 0.6) is 0 Å². The first-order valence-electron chi connectivity index (χ1n) is 6.81. The van der Waals surface area contributed by atoms with Gasteiger partial charge in [0.1, 0.15) is 0 Å². The zero-order chi connectivity index (χ0) is 13.4. The van der Waals surface area contributed by atoms with E-state index in [1.165, 1.54) is 5.56 Å². The molecule has 1 rings (SSSR count). The van der Waals surface area contributed by atoms with Crippen LogP contribution in [0.4, 0.5) is 0 Å². The Morgan fingerprint density at radius 1 is 1.28 bits per heavy atom. The highest BCUT2D eigenvalue weighted by Gasteiger charge is 2.11. The summed E-state index contributed by atoms with van der Waals surface area (Å²) in [6.45, 7) is 4.88. The number of nitrogens with one attached hydrogen (secondary N) is 1. The molecule has 100 valence electrons. The van der Waals surface area contributed by atoms with Crippen LogP contribution < -0.4 is 11.1 Å². The summed E-state index contributed by atoms with van der Waals surface area (Å²) in [4.78, 5) is 12.0. The van der Waals surface area contributed by atoms with Crippen molar-refractivity contribution >= 4 is 5.91 Å². The molecule has 0 radical (unpaired) electrons. The van der Waals surface area contributed by atoms with Gasteiger partial charge in [-0.15, -0.1) is 0 Å². The molecule has 0 spiro atoms. The monoisotopic (exact) mass is 248 g/mol. The van der Waals surface area contributed by atoms with Gasteiger partial charge in [-0.25, -0.2) is 0 Å². The second-order valence-electron chi connectivity index (χ2n) is 4.60. The number of hydrogen-bond donors (Lipinski definition) is 2. The van der Waals surface area contributed by atoms with Crippen molar-refractivity contribution < 1.29 is 4.79 Å². The van der Waals surface area contributed by atoms with Crippen LogP contribution in [-0.2, 0) is 6.42 Å². The van der Waals surface area contributed by atoms with E-state index in [4.69, 9.17) is 5.73 Å². The molecule has 0 bridgehead atoms. The number of carbonyl (C=O) groups is 1. The Balaban J connectivity index is 2.60. The SMILES string of the molecule is CCCC(CC)NC(=O)c1ccc(CCN)cc1. The second-order valence-corrected chi connectivity index (χ2v) is 4.60. The molecule has 0 saturated heterocycles. The molecule has 3 heteroatoms.